The first-order chi connectivity index (χ1) is 8.49. The summed E-state index contributed by atoms with van der Waals surface area (Å²) in [5, 5.41) is 9.18. The summed E-state index contributed by atoms with van der Waals surface area (Å²) in [5.74, 6) is 0.0200. The van der Waals surface area contributed by atoms with Crippen LogP contribution < -0.4 is 4.74 Å². The van der Waals surface area contributed by atoms with E-state index in [1.54, 1.807) is 7.11 Å². The Morgan fingerprint density at radius 2 is 2.22 bits per heavy atom. The van der Waals surface area contributed by atoms with E-state index in [9.17, 15) is 9.90 Å². The lowest BCUT2D eigenvalue weighted by Gasteiger charge is -2.36. The van der Waals surface area contributed by atoms with Crippen molar-refractivity contribution in [3.8, 4) is 5.75 Å². The largest absolute Gasteiger partial charge is 0.497 e. The Balaban J connectivity index is 2.50. The van der Waals surface area contributed by atoms with Gasteiger partial charge in [0.05, 0.1) is 19.1 Å². The number of aliphatic carboxylic acids is 1. The van der Waals surface area contributed by atoms with Gasteiger partial charge in [-0.1, -0.05) is 6.07 Å². The first-order valence-corrected chi connectivity index (χ1v) is 6.06. The molecule has 0 aliphatic heterocycles. The highest BCUT2D eigenvalue weighted by atomic mass is 16.5. The summed E-state index contributed by atoms with van der Waals surface area (Å²) in [6.07, 6.45) is 1.89. The molecular weight excluding hydrogens is 230 g/mol. The quantitative estimate of drug-likeness (QED) is 0.885. The molecule has 0 bridgehead atoms. The highest BCUT2D eigenvalue weighted by Crippen LogP contribution is 2.44. The van der Waals surface area contributed by atoms with Crippen molar-refractivity contribution in [3.63, 3.8) is 0 Å². The smallest absolute Gasteiger partial charge is 0.305 e. The Morgan fingerprint density at radius 3 is 2.78 bits per heavy atom. The number of ether oxygens (including phenoxy) is 1. The number of aryl methyl sites for hydroxylation is 1. The predicted molar refractivity (Wildman–Crippen MR) is 68.9 cm³/mol. The van der Waals surface area contributed by atoms with Crippen LogP contribution in [0.4, 0.5) is 0 Å². The molecule has 0 spiro atoms. The van der Waals surface area contributed by atoms with Gasteiger partial charge in [0.2, 0.25) is 0 Å². The van der Waals surface area contributed by atoms with Gasteiger partial charge >= 0.3 is 5.97 Å². The molecule has 0 amide bonds. The van der Waals surface area contributed by atoms with Crippen LogP contribution in [0.15, 0.2) is 18.2 Å². The molecule has 4 heteroatoms. The zero-order valence-corrected chi connectivity index (χ0v) is 11.1. The first-order valence-electron chi connectivity index (χ1n) is 6.06. The second-order valence-electron chi connectivity index (χ2n) is 5.02. The van der Waals surface area contributed by atoms with Gasteiger partial charge in [-0.05, 0) is 50.2 Å². The maximum absolute atomic E-state index is 11.2. The van der Waals surface area contributed by atoms with Crippen molar-refractivity contribution in [1.29, 1.82) is 0 Å². The van der Waals surface area contributed by atoms with Gasteiger partial charge in [-0.3, -0.25) is 9.69 Å². The van der Waals surface area contributed by atoms with Crippen LogP contribution in [0.1, 0.15) is 24.0 Å². The molecule has 4 nitrogen and oxygen atoms in total. The molecular formula is C14H19NO3. The minimum atomic E-state index is -0.764. The fourth-order valence-corrected chi connectivity index (χ4v) is 2.87. The van der Waals surface area contributed by atoms with Crippen molar-refractivity contribution < 1.29 is 14.6 Å². The van der Waals surface area contributed by atoms with E-state index < -0.39 is 11.5 Å². The maximum Gasteiger partial charge on any atom is 0.305 e. The summed E-state index contributed by atoms with van der Waals surface area (Å²) in [7, 11) is 5.51. The summed E-state index contributed by atoms with van der Waals surface area (Å²) < 4.78 is 5.25. The van der Waals surface area contributed by atoms with Crippen molar-refractivity contribution in [3.05, 3.63) is 29.3 Å². The molecule has 0 saturated heterocycles. The Kier molecular flexibility index (Phi) is 3.30. The third kappa shape index (κ3) is 1.97. The Bertz CT molecular complexity index is 470. The molecule has 18 heavy (non-hydrogen) atoms. The Hall–Kier alpha value is -1.55. The second-order valence-corrected chi connectivity index (χ2v) is 5.02. The van der Waals surface area contributed by atoms with E-state index in [1.807, 2.05) is 37.2 Å². The minimum Gasteiger partial charge on any atom is -0.497 e. The SMILES string of the molecule is COc1ccc2c(c1)C(CC(=O)O)(N(C)C)CC2. The van der Waals surface area contributed by atoms with Gasteiger partial charge in [-0.15, -0.1) is 0 Å². The average Bonchev–Trinajstić information content (AvgIpc) is 2.68. The van der Waals surface area contributed by atoms with E-state index in [0.717, 1.165) is 24.2 Å². The van der Waals surface area contributed by atoms with Crippen LogP contribution in [0.3, 0.4) is 0 Å². The highest BCUT2D eigenvalue weighted by Gasteiger charge is 2.42. The van der Waals surface area contributed by atoms with E-state index in [1.165, 1.54) is 5.56 Å². The molecule has 1 N–H and O–H groups in total. The standard InChI is InChI=1S/C14H19NO3/c1-15(2)14(9-13(16)17)7-6-10-4-5-11(18-3)8-12(10)14/h4-5,8H,6-7,9H2,1-3H3,(H,16,17). The molecule has 1 aromatic rings. The zero-order valence-electron chi connectivity index (χ0n) is 11.1. The van der Waals surface area contributed by atoms with Gasteiger partial charge in [-0.2, -0.15) is 0 Å². The lowest BCUT2D eigenvalue weighted by molar-refractivity contribution is -0.140. The number of benzene rings is 1. The molecule has 0 saturated carbocycles. The molecule has 1 unspecified atom stereocenters. The minimum absolute atomic E-state index is 0.125. The summed E-state index contributed by atoms with van der Waals surface area (Å²) in [5.41, 5.74) is 1.91. The Morgan fingerprint density at radius 1 is 1.50 bits per heavy atom. The third-order valence-electron chi connectivity index (χ3n) is 3.93. The molecule has 1 aliphatic carbocycles. The molecule has 0 fully saturated rings. The maximum atomic E-state index is 11.2. The van der Waals surface area contributed by atoms with Crippen LogP contribution in [0.25, 0.3) is 0 Å². The van der Waals surface area contributed by atoms with Crippen LogP contribution in [0.2, 0.25) is 0 Å². The van der Waals surface area contributed by atoms with E-state index in [-0.39, 0.29) is 6.42 Å². The normalized spacial score (nSPS) is 22.0. The second kappa shape index (κ2) is 4.61. The van der Waals surface area contributed by atoms with E-state index in [2.05, 4.69) is 0 Å². The first kappa shape index (κ1) is 12.9. The lowest BCUT2D eigenvalue weighted by Crippen LogP contribution is -2.41. The number of methoxy groups -OCH3 is 1. The summed E-state index contributed by atoms with van der Waals surface area (Å²) in [6.45, 7) is 0. The van der Waals surface area contributed by atoms with E-state index >= 15 is 0 Å². The van der Waals surface area contributed by atoms with Crippen LogP contribution in [0.5, 0.6) is 5.75 Å². The Labute approximate surface area is 107 Å². The number of nitrogens with zero attached hydrogens (tertiary/aromatic N) is 1. The van der Waals surface area contributed by atoms with E-state index in [4.69, 9.17) is 4.74 Å². The molecule has 0 heterocycles. The van der Waals surface area contributed by atoms with Gasteiger partial charge in [0.1, 0.15) is 5.75 Å². The topological polar surface area (TPSA) is 49.8 Å². The van der Waals surface area contributed by atoms with E-state index in [0.29, 0.717) is 0 Å². The summed E-state index contributed by atoms with van der Waals surface area (Å²) >= 11 is 0. The van der Waals surface area contributed by atoms with Crippen LogP contribution >= 0.6 is 0 Å². The molecule has 98 valence electrons. The average molecular weight is 249 g/mol. The van der Waals surface area contributed by atoms with Gasteiger partial charge in [0.15, 0.2) is 0 Å². The zero-order chi connectivity index (χ0) is 13.3. The van der Waals surface area contributed by atoms with Crippen LogP contribution in [-0.4, -0.2) is 37.2 Å². The molecule has 2 rings (SSSR count). The van der Waals surface area contributed by atoms with Gasteiger partial charge in [0, 0.05) is 0 Å². The molecule has 1 aromatic carbocycles. The number of carboxylic acids is 1. The molecule has 1 aliphatic rings. The molecule has 0 radical (unpaired) electrons. The monoisotopic (exact) mass is 249 g/mol. The number of hydrogen-bond donors (Lipinski definition) is 1. The van der Waals surface area contributed by atoms with Crippen molar-refractivity contribution >= 4 is 5.97 Å². The number of fused-ring (bicyclic) bond motifs is 1. The highest BCUT2D eigenvalue weighted by molar-refractivity contribution is 5.69. The lowest BCUT2D eigenvalue weighted by atomic mass is 9.87. The number of rotatable bonds is 4. The van der Waals surface area contributed by atoms with Gasteiger partial charge < -0.3 is 9.84 Å². The van der Waals surface area contributed by atoms with Crippen molar-refractivity contribution in [2.45, 2.75) is 24.8 Å². The third-order valence-corrected chi connectivity index (χ3v) is 3.93. The fourth-order valence-electron chi connectivity index (χ4n) is 2.87. The van der Waals surface area contributed by atoms with Gasteiger partial charge in [-0.25, -0.2) is 0 Å². The van der Waals surface area contributed by atoms with Crippen molar-refractivity contribution in [2.75, 3.05) is 21.2 Å². The molecule has 1 atom stereocenters. The fraction of sp³-hybridized carbons (Fsp3) is 0.500. The van der Waals surface area contributed by atoms with Crippen molar-refractivity contribution in [2.24, 2.45) is 0 Å². The number of carbonyl (C=O) groups is 1. The predicted octanol–water partition coefficient (Wildman–Crippen LogP) is 1.87. The number of hydrogen-bond acceptors (Lipinski definition) is 3. The van der Waals surface area contributed by atoms with Gasteiger partial charge in [0.25, 0.3) is 0 Å². The molecule has 0 aromatic heterocycles. The van der Waals surface area contributed by atoms with Crippen LogP contribution in [-0.2, 0) is 16.8 Å². The van der Waals surface area contributed by atoms with Crippen molar-refractivity contribution in [1.82, 2.24) is 4.90 Å². The summed E-state index contributed by atoms with van der Waals surface area (Å²) in [6, 6.07) is 5.96. The van der Waals surface area contributed by atoms with Crippen LogP contribution in [0, 0.1) is 0 Å². The summed E-state index contributed by atoms with van der Waals surface area (Å²) in [4.78, 5) is 13.2. The number of carboxylic acid groups (broad SMARTS) is 1.